The van der Waals surface area contributed by atoms with Crippen molar-refractivity contribution in [2.45, 2.75) is 19.9 Å². The molecule has 2 aromatic carbocycles. The second-order valence-corrected chi connectivity index (χ2v) is 4.51. The van der Waals surface area contributed by atoms with E-state index in [-0.39, 0.29) is 11.9 Å². The fraction of sp³-hybridized carbons (Fsp3) is 0.267. The highest BCUT2D eigenvalue weighted by Gasteiger charge is 2.16. The highest BCUT2D eigenvalue weighted by molar-refractivity contribution is 5.84. The number of fused-ring (bicyclic) bond motifs is 1. The van der Waals surface area contributed by atoms with Crippen molar-refractivity contribution in [1.82, 2.24) is 5.06 Å². The van der Waals surface area contributed by atoms with Gasteiger partial charge in [-0.15, -0.1) is 0 Å². The lowest BCUT2D eigenvalue weighted by Crippen LogP contribution is -2.27. The van der Waals surface area contributed by atoms with Crippen LogP contribution in [-0.4, -0.2) is 23.3 Å². The normalized spacial score (nSPS) is 12.2. The summed E-state index contributed by atoms with van der Waals surface area (Å²) in [4.78, 5) is 11.2. The molecular formula is C15H17NO3. The average molecular weight is 259 g/mol. The molecule has 4 heteroatoms. The lowest BCUT2D eigenvalue weighted by molar-refractivity contribution is -0.172. The highest BCUT2D eigenvalue weighted by atomic mass is 16.5. The summed E-state index contributed by atoms with van der Waals surface area (Å²) < 4.78 is 5.18. The van der Waals surface area contributed by atoms with Gasteiger partial charge in [-0.2, -0.15) is 0 Å². The first-order chi connectivity index (χ1) is 9.02. The molecule has 0 saturated carbocycles. The Morgan fingerprint density at radius 3 is 2.47 bits per heavy atom. The van der Waals surface area contributed by atoms with Crippen LogP contribution in [0.4, 0.5) is 0 Å². The topological polar surface area (TPSA) is 49.8 Å². The molecule has 0 heterocycles. The lowest BCUT2D eigenvalue weighted by atomic mass is 10.0. The van der Waals surface area contributed by atoms with Gasteiger partial charge in [-0.3, -0.25) is 10.0 Å². The molecule has 4 nitrogen and oxygen atoms in total. The van der Waals surface area contributed by atoms with Gasteiger partial charge in [-0.05, 0) is 41.5 Å². The van der Waals surface area contributed by atoms with E-state index in [1.54, 1.807) is 14.0 Å². The Morgan fingerprint density at radius 1 is 1.21 bits per heavy atom. The van der Waals surface area contributed by atoms with Crippen LogP contribution < -0.4 is 4.74 Å². The molecule has 1 N–H and O–H groups in total. The molecule has 0 saturated heterocycles. The number of amides is 1. The Morgan fingerprint density at radius 2 is 1.84 bits per heavy atom. The Labute approximate surface area is 112 Å². The fourth-order valence-electron chi connectivity index (χ4n) is 2.04. The summed E-state index contributed by atoms with van der Waals surface area (Å²) in [5.74, 6) is 0.433. The monoisotopic (exact) mass is 259 g/mol. The van der Waals surface area contributed by atoms with Crippen LogP contribution in [0.1, 0.15) is 25.5 Å². The maximum Gasteiger partial charge on any atom is 0.243 e. The SMILES string of the molecule is COc1ccc2cc(C(C)N(O)C(C)=O)ccc2c1. The van der Waals surface area contributed by atoms with Crippen LogP contribution in [0.3, 0.4) is 0 Å². The first kappa shape index (κ1) is 13.4. The number of rotatable bonds is 3. The summed E-state index contributed by atoms with van der Waals surface area (Å²) >= 11 is 0. The van der Waals surface area contributed by atoms with Gasteiger partial charge in [0.2, 0.25) is 5.91 Å². The molecule has 0 fully saturated rings. The first-order valence-electron chi connectivity index (χ1n) is 6.09. The van der Waals surface area contributed by atoms with Crippen LogP contribution in [0.2, 0.25) is 0 Å². The molecular weight excluding hydrogens is 242 g/mol. The van der Waals surface area contributed by atoms with Gasteiger partial charge in [0, 0.05) is 6.92 Å². The summed E-state index contributed by atoms with van der Waals surface area (Å²) in [6, 6.07) is 11.2. The van der Waals surface area contributed by atoms with Crippen molar-refractivity contribution in [2.24, 2.45) is 0 Å². The Bertz CT molecular complexity index is 609. The molecule has 19 heavy (non-hydrogen) atoms. The number of hydrogen-bond donors (Lipinski definition) is 1. The maximum atomic E-state index is 11.2. The number of nitrogens with zero attached hydrogens (tertiary/aromatic N) is 1. The molecule has 100 valence electrons. The number of carbonyl (C=O) groups is 1. The van der Waals surface area contributed by atoms with Gasteiger partial charge in [-0.25, -0.2) is 5.06 Å². The molecule has 2 rings (SSSR count). The van der Waals surface area contributed by atoms with E-state index in [0.717, 1.165) is 27.1 Å². The number of hydrogen-bond acceptors (Lipinski definition) is 3. The molecule has 0 aliphatic carbocycles. The third-order valence-electron chi connectivity index (χ3n) is 3.24. The Kier molecular flexibility index (Phi) is 3.71. The highest BCUT2D eigenvalue weighted by Crippen LogP contribution is 2.26. The Hall–Kier alpha value is -2.07. The molecule has 0 aromatic heterocycles. The van der Waals surface area contributed by atoms with Gasteiger partial charge < -0.3 is 4.74 Å². The van der Waals surface area contributed by atoms with Crippen molar-refractivity contribution in [1.29, 1.82) is 0 Å². The van der Waals surface area contributed by atoms with Gasteiger partial charge in [0.25, 0.3) is 0 Å². The summed E-state index contributed by atoms with van der Waals surface area (Å²) in [5, 5.41) is 12.5. The van der Waals surface area contributed by atoms with E-state index in [2.05, 4.69) is 0 Å². The van der Waals surface area contributed by atoms with E-state index in [0.29, 0.717) is 0 Å². The molecule has 0 aliphatic heterocycles. The van der Waals surface area contributed by atoms with Crippen LogP contribution in [0.25, 0.3) is 10.8 Å². The minimum Gasteiger partial charge on any atom is -0.497 e. The summed E-state index contributed by atoms with van der Waals surface area (Å²) in [7, 11) is 1.63. The Balaban J connectivity index is 2.39. The first-order valence-corrected chi connectivity index (χ1v) is 6.09. The van der Waals surface area contributed by atoms with E-state index in [9.17, 15) is 10.0 Å². The number of carbonyl (C=O) groups excluding carboxylic acids is 1. The second-order valence-electron chi connectivity index (χ2n) is 4.51. The van der Waals surface area contributed by atoms with Crippen LogP contribution >= 0.6 is 0 Å². The maximum absolute atomic E-state index is 11.2. The zero-order valence-electron chi connectivity index (χ0n) is 11.3. The van der Waals surface area contributed by atoms with Crippen LogP contribution in [0, 0.1) is 0 Å². The largest absolute Gasteiger partial charge is 0.497 e. The van der Waals surface area contributed by atoms with Crippen molar-refractivity contribution < 1.29 is 14.7 Å². The van der Waals surface area contributed by atoms with E-state index in [1.807, 2.05) is 36.4 Å². The standard InChI is InChI=1S/C15H17NO3/c1-10(16(18)11(2)17)12-4-5-14-9-15(19-3)7-6-13(14)8-12/h4-10,18H,1-3H3. The predicted octanol–water partition coefficient (Wildman–Crippen LogP) is 3.15. The third-order valence-corrected chi connectivity index (χ3v) is 3.24. The number of hydroxylamine groups is 2. The molecule has 0 bridgehead atoms. The molecule has 1 atom stereocenters. The number of ether oxygens (including phenoxy) is 1. The third kappa shape index (κ3) is 2.69. The van der Waals surface area contributed by atoms with Crippen LogP contribution in [0.5, 0.6) is 5.75 Å². The van der Waals surface area contributed by atoms with Crippen molar-refractivity contribution in [3.8, 4) is 5.75 Å². The van der Waals surface area contributed by atoms with Gasteiger partial charge in [-0.1, -0.05) is 18.2 Å². The van der Waals surface area contributed by atoms with E-state index in [1.165, 1.54) is 6.92 Å². The van der Waals surface area contributed by atoms with Gasteiger partial charge in [0.05, 0.1) is 13.2 Å². The van der Waals surface area contributed by atoms with Crippen molar-refractivity contribution in [3.05, 3.63) is 42.0 Å². The minimum atomic E-state index is -0.373. The predicted molar refractivity (Wildman–Crippen MR) is 73.2 cm³/mol. The fourth-order valence-corrected chi connectivity index (χ4v) is 2.04. The van der Waals surface area contributed by atoms with Crippen molar-refractivity contribution in [3.63, 3.8) is 0 Å². The minimum absolute atomic E-state index is 0.371. The number of benzene rings is 2. The number of methoxy groups -OCH3 is 1. The van der Waals surface area contributed by atoms with E-state index >= 15 is 0 Å². The molecule has 2 aromatic rings. The molecule has 1 amide bonds. The van der Waals surface area contributed by atoms with Crippen LogP contribution in [-0.2, 0) is 4.79 Å². The van der Waals surface area contributed by atoms with Crippen molar-refractivity contribution >= 4 is 16.7 Å². The quantitative estimate of drug-likeness (QED) is 0.680. The average Bonchev–Trinajstić information content (AvgIpc) is 2.44. The van der Waals surface area contributed by atoms with Gasteiger partial charge in [0.15, 0.2) is 0 Å². The van der Waals surface area contributed by atoms with E-state index < -0.39 is 0 Å². The molecule has 0 radical (unpaired) electrons. The smallest absolute Gasteiger partial charge is 0.243 e. The molecule has 0 aliphatic rings. The zero-order valence-corrected chi connectivity index (χ0v) is 11.3. The summed E-state index contributed by atoms with van der Waals surface area (Å²) in [6.07, 6.45) is 0. The zero-order chi connectivity index (χ0) is 14.0. The van der Waals surface area contributed by atoms with Gasteiger partial charge in [0.1, 0.15) is 5.75 Å². The van der Waals surface area contributed by atoms with E-state index in [4.69, 9.17) is 4.74 Å². The van der Waals surface area contributed by atoms with Crippen molar-refractivity contribution in [2.75, 3.05) is 7.11 Å². The van der Waals surface area contributed by atoms with Gasteiger partial charge >= 0.3 is 0 Å². The molecule has 1 unspecified atom stereocenters. The summed E-state index contributed by atoms with van der Waals surface area (Å²) in [6.45, 7) is 3.12. The second kappa shape index (κ2) is 5.28. The summed E-state index contributed by atoms with van der Waals surface area (Å²) in [5.41, 5.74) is 0.885. The van der Waals surface area contributed by atoms with Crippen LogP contribution in [0.15, 0.2) is 36.4 Å². The lowest BCUT2D eigenvalue weighted by Gasteiger charge is -2.21. The molecule has 0 spiro atoms.